The summed E-state index contributed by atoms with van der Waals surface area (Å²) in [6, 6.07) is 12.4. The topological polar surface area (TPSA) is 80.2 Å². The van der Waals surface area contributed by atoms with E-state index in [2.05, 4.69) is 5.32 Å². The van der Waals surface area contributed by atoms with Crippen molar-refractivity contribution >= 4 is 21.6 Å². The molecule has 0 radical (unpaired) electrons. The van der Waals surface area contributed by atoms with Crippen LogP contribution >= 0.6 is 0 Å². The van der Waals surface area contributed by atoms with Crippen LogP contribution in [0.5, 0.6) is 5.75 Å². The Bertz CT molecular complexity index is 966. The van der Waals surface area contributed by atoms with E-state index in [4.69, 9.17) is 4.74 Å². The number of hydrogen-bond donors (Lipinski definition) is 2. The summed E-state index contributed by atoms with van der Waals surface area (Å²) in [6.45, 7) is 6.24. The zero-order chi connectivity index (χ0) is 21.0. The first-order valence-electron chi connectivity index (χ1n) is 9.64. The van der Waals surface area contributed by atoms with Crippen molar-refractivity contribution in [3.8, 4) is 5.75 Å². The fraction of sp³-hybridized carbons (Fsp3) is 0.381. The molecule has 156 valence electrons. The molecule has 0 spiro atoms. The van der Waals surface area contributed by atoms with E-state index in [1.54, 1.807) is 31.4 Å². The number of carbonyl (C=O) groups excluding carboxylic acids is 1. The van der Waals surface area contributed by atoms with Crippen LogP contribution in [0, 0.1) is 13.8 Å². The Balaban J connectivity index is 1.55. The summed E-state index contributed by atoms with van der Waals surface area (Å²) in [5.41, 5.74) is 2.94. The molecular weight excluding hydrogens is 390 g/mol. The fourth-order valence-electron chi connectivity index (χ4n) is 3.41. The predicted molar refractivity (Wildman–Crippen MR) is 112 cm³/mol. The number of rotatable bonds is 6. The number of piperazine rings is 1. The molecule has 29 heavy (non-hydrogen) atoms. The quantitative estimate of drug-likeness (QED) is 0.729. The molecule has 2 aromatic rings. The number of amides is 1. The molecule has 0 aromatic heterocycles. The van der Waals surface area contributed by atoms with Gasteiger partial charge < -0.3 is 15.0 Å². The Kier molecular flexibility index (Phi) is 6.56. The Morgan fingerprint density at radius 1 is 1.10 bits per heavy atom. The van der Waals surface area contributed by atoms with Crippen LogP contribution in [-0.4, -0.2) is 58.5 Å². The van der Waals surface area contributed by atoms with E-state index < -0.39 is 10.0 Å². The molecule has 1 fully saturated rings. The number of aryl methyl sites for hydroxylation is 2. The number of benzene rings is 2. The highest BCUT2D eigenvalue weighted by Crippen LogP contribution is 2.19. The van der Waals surface area contributed by atoms with Gasteiger partial charge in [0.05, 0.1) is 38.2 Å². The number of nitrogens with zero attached hydrogens (tertiary/aromatic N) is 1. The van der Waals surface area contributed by atoms with Gasteiger partial charge in [0.2, 0.25) is 10.0 Å². The van der Waals surface area contributed by atoms with Crippen molar-refractivity contribution in [2.75, 3.05) is 45.2 Å². The number of carbonyl (C=O) groups is 1. The average molecular weight is 419 g/mol. The third kappa shape index (κ3) is 5.14. The van der Waals surface area contributed by atoms with Crippen LogP contribution in [0.2, 0.25) is 0 Å². The molecule has 2 N–H and O–H groups in total. The van der Waals surface area contributed by atoms with Crippen LogP contribution in [0.3, 0.4) is 0 Å². The highest BCUT2D eigenvalue weighted by Gasteiger charge is 2.31. The molecule has 0 saturated carbocycles. The van der Waals surface area contributed by atoms with Crippen molar-refractivity contribution in [2.24, 2.45) is 0 Å². The van der Waals surface area contributed by atoms with E-state index >= 15 is 0 Å². The smallest absolute Gasteiger partial charge is 0.279 e. The molecule has 0 unspecified atom stereocenters. The molecule has 3 rings (SSSR count). The summed E-state index contributed by atoms with van der Waals surface area (Å²) in [4.78, 5) is 13.8. The predicted octanol–water partition coefficient (Wildman–Crippen LogP) is 0.840. The largest absolute Gasteiger partial charge is 0.497 e. The highest BCUT2D eigenvalue weighted by molar-refractivity contribution is 7.89. The van der Waals surface area contributed by atoms with Crippen molar-refractivity contribution in [2.45, 2.75) is 18.7 Å². The molecule has 1 amide bonds. The number of quaternary nitrogens is 1. The standard InChI is InChI=1S/C21H27N3O4S/c1-16-4-5-17(2)20(14-16)22-21(25)15-23-10-12-24(13-11-23)29(26,27)19-8-6-18(28-3)7-9-19/h4-9,14H,10-13,15H2,1-3H3,(H,22,25)/p+1. The van der Waals surface area contributed by atoms with Crippen LogP contribution in [0.4, 0.5) is 5.69 Å². The second-order valence-corrected chi connectivity index (χ2v) is 9.31. The summed E-state index contributed by atoms with van der Waals surface area (Å²) < 4.78 is 32.2. The van der Waals surface area contributed by atoms with Crippen LogP contribution in [0.1, 0.15) is 11.1 Å². The summed E-state index contributed by atoms with van der Waals surface area (Å²) in [6.07, 6.45) is 0. The second kappa shape index (κ2) is 8.94. The molecular formula is C21H28N3O4S+. The molecule has 0 bridgehead atoms. The number of sulfonamides is 1. The first-order chi connectivity index (χ1) is 13.8. The molecule has 1 heterocycles. The van der Waals surface area contributed by atoms with E-state index in [0.29, 0.717) is 38.5 Å². The lowest BCUT2D eigenvalue weighted by Crippen LogP contribution is -3.15. The number of hydrogen-bond acceptors (Lipinski definition) is 4. The molecule has 8 heteroatoms. The minimum absolute atomic E-state index is 0.0554. The van der Waals surface area contributed by atoms with E-state index in [1.165, 1.54) is 4.31 Å². The van der Waals surface area contributed by atoms with Gasteiger partial charge in [-0.25, -0.2) is 8.42 Å². The first kappa shape index (κ1) is 21.3. The van der Waals surface area contributed by atoms with Crippen molar-refractivity contribution in [1.82, 2.24) is 4.31 Å². The molecule has 1 saturated heterocycles. The van der Waals surface area contributed by atoms with Gasteiger partial charge in [-0.3, -0.25) is 4.79 Å². The summed E-state index contributed by atoms with van der Waals surface area (Å²) >= 11 is 0. The van der Waals surface area contributed by atoms with E-state index in [0.717, 1.165) is 21.7 Å². The van der Waals surface area contributed by atoms with Crippen molar-refractivity contribution in [3.05, 3.63) is 53.6 Å². The minimum Gasteiger partial charge on any atom is -0.497 e. The van der Waals surface area contributed by atoms with Crippen molar-refractivity contribution < 1.29 is 22.8 Å². The van der Waals surface area contributed by atoms with Gasteiger partial charge in [0.25, 0.3) is 5.91 Å². The number of methoxy groups -OCH3 is 1. The minimum atomic E-state index is -3.53. The van der Waals surface area contributed by atoms with Crippen molar-refractivity contribution in [3.63, 3.8) is 0 Å². The Morgan fingerprint density at radius 3 is 2.38 bits per heavy atom. The zero-order valence-electron chi connectivity index (χ0n) is 17.1. The van der Waals surface area contributed by atoms with E-state index in [1.807, 2.05) is 32.0 Å². The summed E-state index contributed by atoms with van der Waals surface area (Å²) in [7, 11) is -1.99. The molecule has 0 aliphatic carbocycles. The number of anilines is 1. The lowest BCUT2D eigenvalue weighted by Gasteiger charge is -2.31. The Hall–Kier alpha value is -2.42. The van der Waals surface area contributed by atoms with E-state index in [9.17, 15) is 13.2 Å². The van der Waals surface area contributed by atoms with Gasteiger partial charge in [-0.1, -0.05) is 12.1 Å². The van der Waals surface area contributed by atoms with Gasteiger partial charge in [0.15, 0.2) is 6.54 Å². The van der Waals surface area contributed by atoms with E-state index in [-0.39, 0.29) is 10.8 Å². The molecule has 1 aliphatic rings. The average Bonchev–Trinajstić information content (AvgIpc) is 2.71. The maximum Gasteiger partial charge on any atom is 0.279 e. The SMILES string of the molecule is COc1ccc(S(=O)(=O)N2CC[NH+](CC(=O)Nc3cc(C)ccc3C)CC2)cc1. The van der Waals surface area contributed by atoms with Crippen LogP contribution in [0.25, 0.3) is 0 Å². The molecule has 7 nitrogen and oxygen atoms in total. The third-order valence-corrected chi connectivity index (χ3v) is 7.12. The monoisotopic (exact) mass is 418 g/mol. The van der Waals surface area contributed by atoms with Gasteiger partial charge in [-0.15, -0.1) is 0 Å². The summed E-state index contributed by atoms with van der Waals surface area (Å²) in [5.74, 6) is 0.563. The van der Waals surface area contributed by atoms with Gasteiger partial charge in [-0.2, -0.15) is 4.31 Å². The van der Waals surface area contributed by atoms with Gasteiger partial charge in [-0.05, 0) is 55.3 Å². The highest BCUT2D eigenvalue weighted by atomic mass is 32.2. The van der Waals surface area contributed by atoms with Gasteiger partial charge in [0, 0.05) is 5.69 Å². The van der Waals surface area contributed by atoms with Gasteiger partial charge in [0.1, 0.15) is 5.75 Å². The fourth-order valence-corrected chi connectivity index (χ4v) is 4.85. The van der Waals surface area contributed by atoms with Gasteiger partial charge >= 0.3 is 0 Å². The zero-order valence-corrected chi connectivity index (χ0v) is 17.9. The Morgan fingerprint density at radius 2 is 1.76 bits per heavy atom. The number of nitrogens with one attached hydrogen (secondary N) is 2. The molecule has 1 aliphatic heterocycles. The second-order valence-electron chi connectivity index (χ2n) is 7.37. The lowest BCUT2D eigenvalue weighted by atomic mass is 10.1. The van der Waals surface area contributed by atoms with Crippen LogP contribution in [-0.2, 0) is 14.8 Å². The maximum atomic E-state index is 12.8. The molecule has 2 aromatic carbocycles. The van der Waals surface area contributed by atoms with Crippen molar-refractivity contribution in [1.29, 1.82) is 0 Å². The lowest BCUT2D eigenvalue weighted by molar-refractivity contribution is -0.895. The molecule has 0 atom stereocenters. The third-order valence-electron chi connectivity index (χ3n) is 5.20. The first-order valence-corrected chi connectivity index (χ1v) is 11.1. The Labute approximate surface area is 172 Å². The van der Waals surface area contributed by atoms with Crippen LogP contribution < -0.4 is 15.0 Å². The maximum absolute atomic E-state index is 12.8. The number of ether oxygens (including phenoxy) is 1. The summed E-state index contributed by atoms with van der Waals surface area (Å²) in [5, 5.41) is 2.97. The normalized spacial score (nSPS) is 15.8. The van der Waals surface area contributed by atoms with Crippen LogP contribution in [0.15, 0.2) is 47.4 Å².